The first-order valence-electron chi connectivity index (χ1n) is 11.2. The van der Waals surface area contributed by atoms with Crippen LogP contribution in [-0.4, -0.2) is 86.9 Å². The SMILES string of the molecule is CCNC(=NCCCN1CC(C)OC(C)C1)NCCCN1CCC(C)CC1. The van der Waals surface area contributed by atoms with Gasteiger partial charge in [0.05, 0.1) is 12.2 Å². The summed E-state index contributed by atoms with van der Waals surface area (Å²) in [4.78, 5) is 9.87. The Kier molecular flexibility index (Phi) is 10.5. The lowest BCUT2D eigenvalue weighted by atomic mass is 9.99. The molecule has 2 rings (SSSR count). The second kappa shape index (κ2) is 12.6. The van der Waals surface area contributed by atoms with Crippen molar-refractivity contribution in [3.63, 3.8) is 0 Å². The van der Waals surface area contributed by atoms with Crippen molar-refractivity contribution in [3.8, 4) is 0 Å². The van der Waals surface area contributed by atoms with Crippen LogP contribution in [0.3, 0.4) is 0 Å². The Hall–Kier alpha value is -0.850. The molecule has 2 saturated heterocycles. The van der Waals surface area contributed by atoms with Crippen LogP contribution in [-0.2, 0) is 4.74 Å². The summed E-state index contributed by atoms with van der Waals surface area (Å²) < 4.78 is 5.80. The fraction of sp³-hybridized carbons (Fsp3) is 0.952. The molecule has 2 aliphatic rings. The van der Waals surface area contributed by atoms with Gasteiger partial charge in [-0.2, -0.15) is 0 Å². The molecule has 2 atom stereocenters. The summed E-state index contributed by atoms with van der Waals surface area (Å²) in [6.45, 7) is 18.5. The maximum absolute atomic E-state index is 5.80. The number of aliphatic imine (C=N–C) groups is 1. The van der Waals surface area contributed by atoms with E-state index in [0.717, 1.165) is 57.6 Å². The molecule has 27 heavy (non-hydrogen) atoms. The van der Waals surface area contributed by atoms with E-state index in [1.54, 1.807) is 0 Å². The van der Waals surface area contributed by atoms with Gasteiger partial charge in [-0.05, 0) is 72.0 Å². The fourth-order valence-corrected chi connectivity index (χ4v) is 4.09. The van der Waals surface area contributed by atoms with Crippen molar-refractivity contribution >= 4 is 5.96 Å². The molecule has 0 aromatic rings. The molecule has 2 N–H and O–H groups in total. The first-order valence-corrected chi connectivity index (χ1v) is 11.2. The maximum Gasteiger partial charge on any atom is 0.191 e. The topological polar surface area (TPSA) is 52.1 Å². The van der Waals surface area contributed by atoms with E-state index in [9.17, 15) is 0 Å². The number of guanidine groups is 1. The third-order valence-corrected chi connectivity index (χ3v) is 5.56. The van der Waals surface area contributed by atoms with Crippen LogP contribution in [0.15, 0.2) is 4.99 Å². The average molecular weight is 382 g/mol. The van der Waals surface area contributed by atoms with Crippen LogP contribution in [0.25, 0.3) is 0 Å². The Balaban J connectivity index is 1.59. The molecule has 158 valence electrons. The lowest BCUT2D eigenvalue weighted by Crippen LogP contribution is -2.45. The van der Waals surface area contributed by atoms with E-state index in [2.05, 4.69) is 48.1 Å². The molecular weight excluding hydrogens is 338 g/mol. The highest BCUT2D eigenvalue weighted by molar-refractivity contribution is 5.79. The summed E-state index contributed by atoms with van der Waals surface area (Å²) in [5.74, 6) is 1.88. The van der Waals surface area contributed by atoms with Crippen LogP contribution in [0.4, 0.5) is 0 Å². The zero-order valence-electron chi connectivity index (χ0n) is 18.2. The molecule has 2 unspecified atom stereocenters. The number of likely N-dealkylation sites (tertiary alicyclic amines) is 1. The predicted octanol–water partition coefficient (Wildman–Crippen LogP) is 2.16. The number of hydrogen-bond donors (Lipinski definition) is 2. The minimum Gasteiger partial charge on any atom is -0.373 e. The molecule has 0 amide bonds. The normalized spacial score (nSPS) is 26.3. The molecule has 0 aromatic carbocycles. The van der Waals surface area contributed by atoms with Crippen LogP contribution >= 0.6 is 0 Å². The van der Waals surface area contributed by atoms with Crippen LogP contribution < -0.4 is 10.6 Å². The Bertz CT molecular complexity index is 413. The third-order valence-electron chi connectivity index (χ3n) is 5.56. The maximum atomic E-state index is 5.80. The quantitative estimate of drug-likeness (QED) is 0.364. The lowest BCUT2D eigenvalue weighted by molar-refractivity contribution is -0.0679. The Morgan fingerprint density at radius 1 is 0.963 bits per heavy atom. The molecule has 2 heterocycles. The first kappa shape index (κ1) is 22.4. The standard InChI is InChI=1S/C21H43N5O/c1-5-22-21(23-10-6-12-25-14-8-18(2)9-15-25)24-11-7-13-26-16-19(3)27-20(4)17-26/h18-20H,5-17H2,1-4H3,(H2,22,23,24). The van der Waals surface area contributed by atoms with Crippen molar-refractivity contribution in [2.24, 2.45) is 10.9 Å². The molecule has 2 aliphatic heterocycles. The number of piperidine rings is 1. The number of rotatable bonds is 9. The molecule has 0 bridgehead atoms. The number of nitrogens with zero attached hydrogens (tertiary/aromatic N) is 3. The van der Waals surface area contributed by atoms with E-state index in [-0.39, 0.29) is 0 Å². The van der Waals surface area contributed by atoms with Crippen LogP contribution in [0.5, 0.6) is 0 Å². The molecule has 6 heteroatoms. The van der Waals surface area contributed by atoms with Gasteiger partial charge >= 0.3 is 0 Å². The molecule has 0 saturated carbocycles. The smallest absolute Gasteiger partial charge is 0.191 e. The highest BCUT2D eigenvalue weighted by atomic mass is 16.5. The number of ether oxygens (including phenoxy) is 1. The van der Waals surface area contributed by atoms with Crippen LogP contribution in [0.2, 0.25) is 0 Å². The Labute approximate surface area is 167 Å². The second-order valence-electron chi connectivity index (χ2n) is 8.44. The minimum atomic E-state index is 0.347. The van der Waals surface area contributed by atoms with E-state index < -0.39 is 0 Å². The van der Waals surface area contributed by atoms with Gasteiger partial charge in [-0.15, -0.1) is 0 Å². The van der Waals surface area contributed by atoms with Crippen LogP contribution in [0.1, 0.15) is 53.4 Å². The van der Waals surface area contributed by atoms with Gasteiger partial charge in [0.2, 0.25) is 0 Å². The average Bonchev–Trinajstić information content (AvgIpc) is 2.63. The van der Waals surface area contributed by atoms with Crippen molar-refractivity contribution < 1.29 is 4.74 Å². The van der Waals surface area contributed by atoms with Gasteiger partial charge in [0, 0.05) is 39.3 Å². The molecule has 0 aliphatic carbocycles. The summed E-state index contributed by atoms with van der Waals surface area (Å²) in [5.41, 5.74) is 0. The van der Waals surface area contributed by atoms with Gasteiger partial charge in [-0.1, -0.05) is 6.92 Å². The highest BCUT2D eigenvalue weighted by Crippen LogP contribution is 2.15. The first-order chi connectivity index (χ1) is 13.1. The van der Waals surface area contributed by atoms with E-state index in [0.29, 0.717) is 12.2 Å². The number of nitrogens with one attached hydrogen (secondary N) is 2. The van der Waals surface area contributed by atoms with E-state index >= 15 is 0 Å². The van der Waals surface area contributed by atoms with Gasteiger partial charge in [0.1, 0.15) is 0 Å². The molecule has 0 aromatic heterocycles. The number of hydrogen-bond acceptors (Lipinski definition) is 4. The van der Waals surface area contributed by atoms with Crippen LogP contribution in [0, 0.1) is 5.92 Å². The van der Waals surface area contributed by atoms with E-state index in [1.165, 1.54) is 38.9 Å². The Morgan fingerprint density at radius 2 is 1.63 bits per heavy atom. The minimum absolute atomic E-state index is 0.347. The zero-order valence-corrected chi connectivity index (χ0v) is 18.2. The summed E-state index contributed by atoms with van der Waals surface area (Å²) in [6, 6.07) is 0. The number of morpholine rings is 1. The second-order valence-corrected chi connectivity index (χ2v) is 8.44. The van der Waals surface area contributed by atoms with Gasteiger partial charge in [0.25, 0.3) is 0 Å². The summed E-state index contributed by atoms with van der Waals surface area (Å²) in [5, 5.41) is 6.87. The van der Waals surface area contributed by atoms with Crippen molar-refractivity contribution in [1.82, 2.24) is 20.4 Å². The Morgan fingerprint density at radius 3 is 2.30 bits per heavy atom. The molecular formula is C21H43N5O. The molecule has 6 nitrogen and oxygen atoms in total. The fourth-order valence-electron chi connectivity index (χ4n) is 4.09. The van der Waals surface area contributed by atoms with Gasteiger partial charge < -0.3 is 20.3 Å². The van der Waals surface area contributed by atoms with Gasteiger partial charge in [-0.25, -0.2) is 0 Å². The van der Waals surface area contributed by atoms with Crippen molar-refractivity contribution in [2.45, 2.75) is 65.6 Å². The highest BCUT2D eigenvalue weighted by Gasteiger charge is 2.21. The summed E-state index contributed by atoms with van der Waals surface area (Å²) in [6.07, 6.45) is 5.69. The lowest BCUT2D eigenvalue weighted by Gasteiger charge is -2.35. The monoisotopic (exact) mass is 381 g/mol. The zero-order chi connectivity index (χ0) is 19.5. The van der Waals surface area contributed by atoms with Gasteiger partial charge in [-0.3, -0.25) is 9.89 Å². The molecule has 2 fully saturated rings. The van der Waals surface area contributed by atoms with Crippen molar-refractivity contribution in [1.29, 1.82) is 0 Å². The largest absolute Gasteiger partial charge is 0.373 e. The van der Waals surface area contributed by atoms with Crippen molar-refractivity contribution in [3.05, 3.63) is 0 Å². The van der Waals surface area contributed by atoms with E-state index in [4.69, 9.17) is 9.73 Å². The third kappa shape index (κ3) is 9.26. The predicted molar refractivity (Wildman–Crippen MR) is 115 cm³/mol. The molecule has 0 radical (unpaired) electrons. The molecule has 0 spiro atoms. The van der Waals surface area contributed by atoms with Crippen molar-refractivity contribution in [2.75, 3.05) is 58.9 Å². The summed E-state index contributed by atoms with van der Waals surface area (Å²) >= 11 is 0. The van der Waals surface area contributed by atoms with Gasteiger partial charge in [0.15, 0.2) is 5.96 Å². The van der Waals surface area contributed by atoms with E-state index in [1.807, 2.05) is 0 Å². The summed E-state index contributed by atoms with van der Waals surface area (Å²) in [7, 11) is 0.